The maximum atomic E-state index is 8.53. The Morgan fingerprint density at radius 2 is 2.50 bits per heavy atom. The summed E-state index contributed by atoms with van der Waals surface area (Å²) in [4.78, 5) is 4.02. The van der Waals surface area contributed by atoms with E-state index in [-0.39, 0.29) is 6.61 Å². The summed E-state index contributed by atoms with van der Waals surface area (Å²) in [5.41, 5.74) is 0. The molecule has 1 aromatic heterocycles. The van der Waals surface area contributed by atoms with Gasteiger partial charge in [-0.3, -0.25) is 0 Å². The molecule has 0 spiro atoms. The Morgan fingerprint density at radius 3 is 3.17 bits per heavy atom. The van der Waals surface area contributed by atoms with Gasteiger partial charge in [0.25, 0.3) is 0 Å². The second-order valence-corrected chi connectivity index (χ2v) is 2.23. The van der Waals surface area contributed by atoms with Crippen LogP contribution in [0, 0.1) is 0 Å². The zero-order chi connectivity index (χ0) is 8.81. The number of nitrogens with one attached hydrogen (secondary N) is 1. The van der Waals surface area contributed by atoms with Crippen molar-refractivity contribution in [1.29, 1.82) is 0 Å². The van der Waals surface area contributed by atoms with Gasteiger partial charge in [0.1, 0.15) is 11.6 Å². The average molecular weight is 168 g/mol. The summed E-state index contributed by atoms with van der Waals surface area (Å²) in [6.45, 7) is 0.596. The van der Waals surface area contributed by atoms with Crippen LogP contribution in [0.25, 0.3) is 0 Å². The van der Waals surface area contributed by atoms with Crippen molar-refractivity contribution in [2.45, 2.75) is 0 Å². The minimum atomic E-state index is 0.0961. The molecule has 1 aromatic rings. The van der Waals surface area contributed by atoms with Gasteiger partial charge in [-0.25, -0.2) is 4.98 Å². The summed E-state index contributed by atoms with van der Waals surface area (Å²) in [6, 6.07) is 3.54. The van der Waals surface area contributed by atoms with E-state index in [0.29, 0.717) is 12.4 Å². The first-order valence-electron chi connectivity index (χ1n) is 3.71. The third kappa shape index (κ3) is 2.39. The number of nitrogens with zero attached hydrogens (tertiary/aromatic N) is 1. The van der Waals surface area contributed by atoms with E-state index < -0.39 is 0 Å². The Kier molecular flexibility index (Phi) is 3.35. The van der Waals surface area contributed by atoms with E-state index in [4.69, 9.17) is 9.84 Å². The first-order valence-corrected chi connectivity index (χ1v) is 3.71. The van der Waals surface area contributed by atoms with Gasteiger partial charge in [0, 0.05) is 18.8 Å². The van der Waals surface area contributed by atoms with E-state index >= 15 is 0 Å². The van der Waals surface area contributed by atoms with E-state index in [1.54, 1.807) is 25.4 Å². The van der Waals surface area contributed by atoms with Crippen molar-refractivity contribution >= 4 is 5.82 Å². The van der Waals surface area contributed by atoms with Crippen molar-refractivity contribution in [3.63, 3.8) is 0 Å². The first kappa shape index (κ1) is 8.80. The molecule has 0 aromatic carbocycles. The highest BCUT2D eigenvalue weighted by Crippen LogP contribution is 2.12. The number of pyridine rings is 1. The lowest BCUT2D eigenvalue weighted by atomic mass is 10.4. The van der Waals surface area contributed by atoms with Crippen molar-refractivity contribution in [2.24, 2.45) is 0 Å². The van der Waals surface area contributed by atoms with Crippen LogP contribution in [-0.2, 0) is 0 Å². The van der Waals surface area contributed by atoms with Gasteiger partial charge in [-0.05, 0) is 6.07 Å². The quantitative estimate of drug-likeness (QED) is 0.687. The minimum Gasteiger partial charge on any atom is -0.497 e. The summed E-state index contributed by atoms with van der Waals surface area (Å²) in [6.07, 6.45) is 1.65. The van der Waals surface area contributed by atoms with Crippen LogP contribution in [0.3, 0.4) is 0 Å². The highest BCUT2D eigenvalue weighted by Gasteiger charge is 1.94. The molecule has 0 atom stereocenters. The average Bonchev–Trinajstić information content (AvgIpc) is 2.15. The monoisotopic (exact) mass is 168 g/mol. The molecule has 1 rings (SSSR count). The van der Waals surface area contributed by atoms with Crippen LogP contribution in [0.5, 0.6) is 5.75 Å². The fourth-order valence-electron chi connectivity index (χ4n) is 0.819. The van der Waals surface area contributed by atoms with Gasteiger partial charge in [0.15, 0.2) is 0 Å². The summed E-state index contributed by atoms with van der Waals surface area (Å²) < 4.78 is 4.99. The van der Waals surface area contributed by atoms with E-state index in [0.717, 1.165) is 5.75 Å². The van der Waals surface area contributed by atoms with Gasteiger partial charge in [-0.1, -0.05) is 0 Å². The lowest BCUT2D eigenvalue weighted by Crippen LogP contribution is -2.06. The van der Waals surface area contributed by atoms with Crippen molar-refractivity contribution < 1.29 is 9.84 Å². The van der Waals surface area contributed by atoms with Crippen molar-refractivity contribution in [3.05, 3.63) is 18.3 Å². The van der Waals surface area contributed by atoms with Crippen molar-refractivity contribution in [3.8, 4) is 5.75 Å². The first-order chi connectivity index (χ1) is 5.86. The van der Waals surface area contributed by atoms with E-state index in [1.165, 1.54) is 0 Å². The molecule has 12 heavy (non-hydrogen) atoms. The molecule has 2 N–H and O–H groups in total. The van der Waals surface area contributed by atoms with E-state index in [2.05, 4.69) is 10.3 Å². The molecular formula is C8H12N2O2. The van der Waals surface area contributed by atoms with Crippen LogP contribution in [0.15, 0.2) is 18.3 Å². The van der Waals surface area contributed by atoms with Crippen LogP contribution in [-0.4, -0.2) is 30.4 Å². The Hall–Kier alpha value is -1.29. The SMILES string of the molecule is COc1ccnc(NCCO)c1. The third-order valence-corrected chi connectivity index (χ3v) is 1.39. The number of rotatable bonds is 4. The van der Waals surface area contributed by atoms with Gasteiger partial charge < -0.3 is 15.2 Å². The molecule has 0 aliphatic carbocycles. The second kappa shape index (κ2) is 4.56. The third-order valence-electron chi connectivity index (χ3n) is 1.39. The fraction of sp³-hybridized carbons (Fsp3) is 0.375. The van der Waals surface area contributed by atoms with Crippen LogP contribution in [0.1, 0.15) is 0 Å². The number of aliphatic hydroxyl groups is 1. The lowest BCUT2D eigenvalue weighted by molar-refractivity contribution is 0.311. The highest BCUT2D eigenvalue weighted by molar-refractivity contribution is 5.40. The van der Waals surface area contributed by atoms with Crippen LogP contribution >= 0.6 is 0 Å². The molecule has 0 saturated carbocycles. The number of methoxy groups -OCH3 is 1. The van der Waals surface area contributed by atoms with Gasteiger partial charge in [-0.2, -0.15) is 0 Å². The van der Waals surface area contributed by atoms with Gasteiger partial charge >= 0.3 is 0 Å². The molecule has 0 saturated heterocycles. The topological polar surface area (TPSA) is 54.4 Å². The predicted molar refractivity (Wildman–Crippen MR) is 46.4 cm³/mol. The van der Waals surface area contributed by atoms with Crippen LogP contribution < -0.4 is 10.1 Å². The number of ether oxygens (including phenoxy) is 1. The Bertz CT molecular complexity index is 240. The highest BCUT2D eigenvalue weighted by atomic mass is 16.5. The maximum Gasteiger partial charge on any atom is 0.129 e. The molecule has 0 unspecified atom stereocenters. The summed E-state index contributed by atoms with van der Waals surface area (Å²) in [5.74, 6) is 1.47. The molecule has 4 nitrogen and oxygen atoms in total. The number of aromatic nitrogens is 1. The zero-order valence-corrected chi connectivity index (χ0v) is 6.95. The molecule has 0 aliphatic heterocycles. The number of hydrogen-bond donors (Lipinski definition) is 2. The molecular weight excluding hydrogens is 156 g/mol. The second-order valence-electron chi connectivity index (χ2n) is 2.23. The van der Waals surface area contributed by atoms with Crippen molar-refractivity contribution in [1.82, 2.24) is 4.98 Å². The normalized spacial score (nSPS) is 9.50. The molecule has 0 aliphatic rings. The summed E-state index contributed by atoms with van der Waals surface area (Å²) in [5, 5.41) is 11.5. The molecule has 4 heteroatoms. The smallest absolute Gasteiger partial charge is 0.129 e. The molecule has 1 heterocycles. The molecule has 0 fully saturated rings. The number of anilines is 1. The molecule has 66 valence electrons. The Morgan fingerprint density at radius 1 is 1.67 bits per heavy atom. The fourth-order valence-corrected chi connectivity index (χ4v) is 0.819. The van der Waals surface area contributed by atoms with E-state index in [9.17, 15) is 0 Å². The molecule has 0 amide bonds. The predicted octanol–water partition coefficient (Wildman–Crippen LogP) is 0.494. The maximum absolute atomic E-state index is 8.53. The van der Waals surface area contributed by atoms with Gasteiger partial charge in [0.2, 0.25) is 0 Å². The standard InChI is InChI=1S/C8H12N2O2/c1-12-7-2-3-9-8(6-7)10-4-5-11/h2-3,6,11H,4-5H2,1H3,(H,9,10). The van der Waals surface area contributed by atoms with Crippen LogP contribution in [0.4, 0.5) is 5.82 Å². The molecule has 0 bridgehead atoms. The zero-order valence-electron chi connectivity index (χ0n) is 6.95. The lowest BCUT2D eigenvalue weighted by Gasteiger charge is -2.04. The minimum absolute atomic E-state index is 0.0961. The molecule has 0 radical (unpaired) electrons. The Labute approximate surface area is 71.2 Å². The van der Waals surface area contributed by atoms with E-state index in [1.807, 2.05) is 0 Å². The Balaban J connectivity index is 2.60. The van der Waals surface area contributed by atoms with Crippen molar-refractivity contribution in [2.75, 3.05) is 25.6 Å². The van der Waals surface area contributed by atoms with Crippen LogP contribution in [0.2, 0.25) is 0 Å². The summed E-state index contributed by atoms with van der Waals surface area (Å²) in [7, 11) is 1.60. The summed E-state index contributed by atoms with van der Waals surface area (Å²) >= 11 is 0. The van der Waals surface area contributed by atoms with Gasteiger partial charge in [0.05, 0.1) is 13.7 Å². The number of aliphatic hydroxyl groups excluding tert-OH is 1. The van der Waals surface area contributed by atoms with Gasteiger partial charge in [-0.15, -0.1) is 0 Å². The largest absolute Gasteiger partial charge is 0.497 e. The number of hydrogen-bond acceptors (Lipinski definition) is 4.